The number of nitrogens with one attached hydrogen (secondary N) is 2. The van der Waals surface area contributed by atoms with Crippen LogP contribution in [-0.4, -0.2) is 37.2 Å². The number of rotatable bonds is 6. The molecule has 8 nitrogen and oxygen atoms in total. The monoisotopic (exact) mass is 390 g/mol. The minimum Gasteiger partial charge on any atom is -0.454 e. The quantitative estimate of drug-likeness (QED) is 0.732. The van der Waals surface area contributed by atoms with Gasteiger partial charge in [-0.15, -0.1) is 11.3 Å². The zero-order chi connectivity index (χ0) is 19.4. The molecule has 2 heterocycles. The van der Waals surface area contributed by atoms with Crippen molar-refractivity contribution < 1.29 is 28.6 Å². The predicted molar refractivity (Wildman–Crippen MR) is 98.1 cm³/mol. The van der Waals surface area contributed by atoms with Crippen LogP contribution >= 0.6 is 11.3 Å². The summed E-state index contributed by atoms with van der Waals surface area (Å²) >= 11 is 1.33. The summed E-state index contributed by atoms with van der Waals surface area (Å²) in [6.07, 6.45) is -1.02. The van der Waals surface area contributed by atoms with Crippen LogP contribution in [0.3, 0.4) is 0 Å². The Morgan fingerprint density at radius 2 is 1.96 bits per heavy atom. The largest absolute Gasteiger partial charge is 0.454 e. The summed E-state index contributed by atoms with van der Waals surface area (Å²) in [5, 5.41) is 5.10. The van der Waals surface area contributed by atoms with Gasteiger partial charge in [0.1, 0.15) is 6.54 Å². The van der Waals surface area contributed by atoms with Crippen LogP contribution in [-0.2, 0) is 14.3 Å². The number of ether oxygens (including phenoxy) is 3. The fourth-order valence-corrected chi connectivity index (χ4v) is 3.09. The van der Waals surface area contributed by atoms with E-state index >= 15 is 0 Å². The van der Waals surface area contributed by atoms with Crippen molar-refractivity contribution in [2.75, 3.05) is 18.7 Å². The van der Waals surface area contributed by atoms with E-state index in [1.165, 1.54) is 18.3 Å². The highest BCUT2D eigenvalue weighted by Gasteiger charge is 2.20. The Bertz CT molecular complexity index is 878. The molecule has 1 atom stereocenters. The van der Waals surface area contributed by atoms with E-state index in [0.29, 0.717) is 22.1 Å². The van der Waals surface area contributed by atoms with Gasteiger partial charge < -0.3 is 24.8 Å². The van der Waals surface area contributed by atoms with Crippen molar-refractivity contribution >= 4 is 34.8 Å². The number of anilines is 1. The Labute approximate surface area is 159 Å². The fourth-order valence-electron chi connectivity index (χ4n) is 2.31. The molecule has 1 aromatic carbocycles. The average molecular weight is 390 g/mol. The van der Waals surface area contributed by atoms with Gasteiger partial charge in [0.25, 0.3) is 11.8 Å². The molecule has 0 unspecified atom stereocenters. The van der Waals surface area contributed by atoms with E-state index in [9.17, 15) is 14.4 Å². The number of aryl methyl sites for hydroxylation is 1. The second-order valence-corrected chi connectivity index (χ2v) is 7.07. The summed E-state index contributed by atoms with van der Waals surface area (Å²) in [5.41, 5.74) is 0.494. The van der Waals surface area contributed by atoms with Crippen molar-refractivity contribution in [3.05, 3.63) is 40.1 Å². The van der Waals surface area contributed by atoms with Crippen LogP contribution < -0.4 is 20.1 Å². The number of esters is 1. The maximum atomic E-state index is 12.2. The fraction of sp³-hybridized carbons (Fsp3) is 0.278. The van der Waals surface area contributed by atoms with Crippen molar-refractivity contribution in [1.82, 2.24) is 5.32 Å². The van der Waals surface area contributed by atoms with E-state index in [-0.39, 0.29) is 19.2 Å². The van der Waals surface area contributed by atoms with Crippen LogP contribution in [0.25, 0.3) is 0 Å². The lowest BCUT2D eigenvalue weighted by molar-refractivity contribution is -0.152. The summed E-state index contributed by atoms with van der Waals surface area (Å²) in [6, 6.07) is 8.46. The second kappa shape index (κ2) is 8.09. The van der Waals surface area contributed by atoms with Crippen LogP contribution in [0.2, 0.25) is 0 Å². The molecule has 1 aliphatic heterocycles. The Morgan fingerprint density at radius 3 is 2.70 bits per heavy atom. The van der Waals surface area contributed by atoms with Crippen molar-refractivity contribution in [3.63, 3.8) is 0 Å². The molecule has 1 aromatic heterocycles. The van der Waals surface area contributed by atoms with Crippen LogP contribution in [0.1, 0.15) is 21.5 Å². The molecule has 0 saturated heterocycles. The standard InChI is InChI=1S/C18H18N2O6S/c1-10-3-6-15(27-10)18(23)19-8-16(21)26-11(2)17(22)20-12-4-5-13-14(7-12)25-9-24-13/h3-7,11H,8-9H2,1-2H3,(H,19,23)(H,20,22)/t11-/m0/s1. The SMILES string of the molecule is Cc1ccc(C(=O)NCC(=O)O[C@@H](C)C(=O)Nc2ccc3c(c2)OCO3)s1. The molecule has 9 heteroatoms. The molecule has 0 fully saturated rings. The Hall–Kier alpha value is -3.07. The van der Waals surface area contributed by atoms with Gasteiger partial charge in [-0.25, -0.2) is 0 Å². The number of benzene rings is 1. The summed E-state index contributed by atoms with van der Waals surface area (Å²) in [4.78, 5) is 37.4. The first-order valence-corrected chi connectivity index (χ1v) is 8.98. The van der Waals surface area contributed by atoms with Gasteiger partial charge in [0.05, 0.1) is 4.88 Å². The lowest BCUT2D eigenvalue weighted by Gasteiger charge is -2.14. The first-order chi connectivity index (χ1) is 12.9. The Balaban J connectivity index is 1.46. The molecule has 0 spiro atoms. The average Bonchev–Trinajstić information content (AvgIpc) is 3.27. The van der Waals surface area contributed by atoms with Crippen LogP contribution in [0.15, 0.2) is 30.3 Å². The maximum Gasteiger partial charge on any atom is 0.326 e. The molecule has 0 aliphatic carbocycles. The zero-order valence-corrected chi connectivity index (χ0v) is 15.6. The van der Waals surface area contributed by atoms with Gasteiger partial charge in [-0.1, -0.05) is 0 Å². The first kappa shape index (κ1) is 18.7. The van der Waals surface area contributed by atoms with Gasteiger partial charge in [0, 0.05) is 16.6 Å². The molecule has 2 amide bonds. The molecule has 2 aromatic rings. The van der Waals surface area contributed by atoms with E-state index in [0.717, 1.165) is 4.88 Å². The Morgan fingerprint density at radius 1 is 1.19 bits per heavy atom. The molecule has 0 saturated carbocycles. The van der Waals surface area contributed by atoms with E-state index in [2.05, 4.69) is 10.6 Å². The van der Waals surface area contributed by atoms with Gasteiger partial charge >= 0.3 is 5.97 Å². The number of hydrogen-bond donors (Lipinski definition) is 2. The highest BCUT2D eigenvalue weighted by atomic mass is 32.1. The van der Waals surface area contributed by atoms with Gasteiger partial charge in [-0.2, -0.15) is 0 Å². The molecule has 3 rings (SSSR count). The van der Waals surface area contributed by atoms with Crippen LogP contribution in [0, 0.1) is 6.92 Å². The normalized spacial score (nSPS) is 13.0. The highest BCUT2D eigenvalue weighted by Crippen LogP contribution is 2.34. The zero-order valence-electron chi connectivity index (χ0n) is 14.7. The van der Waals surface area contributed by atoms with Crippen LogP contribution in [0.4, 0.5) is 5.69 Å². The molecular formula is C18H18N2O6S. The maximum absolute atomic E-state index is 12.2. The summed E-state index contributed by atoms with van der Waals surface area (Å²) in [6.45, 7) is 3.15. The summed E-state index contributed by atoms with van der Waals surface area (Å²) in [7, 11) is 0. The number of hydrogen-bond acceptors (Lipinski definition) is 7. The topological polar surface area (TPSA) is 103 Å². The van der Waals surface area contributed by atoms with Crippen molar-refractivity contribution in [2.45, 2.75) is 20.0 Å². The van der Waals surface area contributed by atoms with Crippen molar-refractivity contribution in [1.29, 1.82) is 0 Å². The molecule has 2 N–H and O–H groups in total. The van der Waals surface area contributed by atoms with Gasteiger partial charge in [-0.05, 0) is 38.1 Å². The molecule has 0 radical (unpaired) electrons. The smallest absolute Gasteiger partial charge is 0.326 e. The third kappa shape index (κ3) is 4.76. The predicted octanol–water partition coefficient (Wildman–Crippen LogP) is 2.09. The third-order valence-electron chi connectivity index (χ3n) is 3.67. The lowest BCUT2D eigenvalue weighted by atomic mass is 10.2. The molecule has 1 aliphatic rings. The Kier molecular flexibility index (Phi) is 5.60. The highest BCUT2D eigenvalue weighted by molar-refractivity contribution is 7.13. The van der Waals surface area contributed by atoms with Crippen LogP contribution in [0.5, 0.6) is 11.5 Å². The van der Waals surface area contributed by atoms with E-state index in [1.54, 1.807) is 24.3 Å². The number of thiophene rings is 1. The van der Waals surface area contributed by atoms with Gasteiger partial charge in [0.15, 0.2) is 17.6 Å². The van der Waals surface area contributed by atoms with Gasteiger partial charge in [0.2, 0.25) is 6.79 Å². The minimum atomic E-state index is -1.02. The number of fused-ring (bicyclic) bond motifs is 1. The number of carbonyl (C=O) groups is 3. The second-order valence-electron chi connectivity index (χ2n) is 5.78. The van der Waals surface area contributed by atoms with E-state index in [1.807, 2.05) is 13.0 Å². The molecular weight excluding hydrogens is 372 g/mol. The van der Waals surface area contributed by atoms with Crippen molar-refractivity contribution in [2.24, 2.45) is 0 Å². The van der Waals surface area contributed by atoms with E-state index < -0.39 is 18.0 Å². The van der Waals surface area contributed by atoms with E-state index in [4.69, 9.17) is 14.2 Å². The lowest BCUT2D eigenvalue weighted by Crippen LogP contribution is -2.35. The number of amides is 2. The molecule has 27 heavy (non-hydrogen) atoms. The summed E-state index contributed by atoms with van der Waals surface area (Å²) in [5.74, 6) is -0.428. The van der Waals surface area contributed by atoms with Gasteiger partial charge in [-0.3, -0.25) is 14.4 Å². The number of carbonyl (C=O) groups excluding carboxylic acids is 3. The summed E-state index contributed by atoms with van der Waals surface area (Å²) < 4.78 is 15.5. The molecule has 142 valence electrons. The minimum absolute atomic E-state index is 0.136. The first-order valence-electron chi connectivity index (χ1n) is 8.17. The van der Waals surface area contributed by atoms with Crippen molar-refractivity contribution in [3.8, 4) is 11.5 Å². The molecule has 0 bridgehead atoms. The third-order valence-corrected chi connectivity index (χ3v) is 4.67.